The van der Waals surface area contributed by atoms with Crippen LogP contribution < -0.4 is 10.1 Å². The van der Waals surface area contributed by atoms with Crippen LogP contribution in [0.25, 0.3) is 0 Å². The normalized spacial score (nSPS) is 11.7. The molecule has 7 heteroatoms. The van der Waals surface area contributed by atoms with Crippen molar-refractivity contribution >= 4 is 23.4 Å². The number of ether oxygens (including phenoxy) is 1. The van der Waals surface area contributed by atoms with Crippen LogP contribution in [0.3, 0.4) is 0 Å². The summed E-state index contributed by atoms with van der Waals surface area (Å²) >= 11 is 1.34. The highest BCUT2D eigenvalue weighted by molar-refractivity contribution is 7.99. The van der Waals surface area contributed by atoms with Gasteiger partial charge in [0.15, 0.2) is 17.1 Å². The lowest BCUT2D eigenvalue weighted by Gasteiger charge is -2.16. The van der Waals surface area contributed by atoms with Gasteiger partial charge in [-0.1, -0.05) is 47.7 Å². The second-order valence-electron chi connectivity index (χ2n) is 7.47. The minimum Gasteiger partial charge on any atom is -0.483 e. The van der Waals surface area contributed by atoms with Gasteiger partial charge >= 0.3 is 0 Å². The molecule has 1 atom stereocenters. The Labute approximate surface area is 187 Å². The Kier molecular flexibility index (Phi) is 7.52. The van der Waals surface area contributed by atoms with Crippen molar-refractivity contribution in [1.29, 1.82) is 0 Å². The first-order valence-electron chi connectivity index (χ1n) is 10.1. The Bertz CT molecular complexity index is 1080. The van der Waals surface area contributed by atoms with Crippen molar-refractivity contribution in [1.82, 2.24) is 14.8 Å². The number of rotatable bonds is 9. The van der Waals surface area contributed by atoms with Crippen LogP contribution in [-0.4, -0.2) is 26.4 Å². The smallest absolute Gasteiger partial charge is 0.234 e. The lowest BCUT2D eigenvalue weighted by atomic mass is 10.1. The van der Waals surface area contributed by atoms with Crippen LogP contribution in [0.4, 0.5) is 5.69 Å². The summed E-state index contributed by atoms with van der Waals surface area (Å²) in [5.74, 6) is 1.62. The van der Waals surface area contributed by atoms with Crippen LogP contribution in [0.1, 0.15) is 35.5 Å². The molecule has 0 bridgehead atoms. The molecular weight excluding hydrogens is 408 g/mol. The predicted molar refractivity (Wildman–Crippen MR) is 126 cm³/mol. The molecule has 2 aromatic carbocycles. The van der Waals surface area contributed by atoms with Gasteiger partial charge in [-0.25, -0.2) is 0 Å². The molecule has 0 radical (unpaired) electrons. The van der Waals surface area contributed by atoms with Crippen molar-refractivity contribution in [3.8, 4) is 5.75 Å². The summed E-state index contributed by atoms with van der Waals surface area (Å²) in [5, 5.41) is 12.2. The van der Waals surface area contributed by atoms with Crippen molar-refractivity contribution in [3.63, 3.8) is 0 Å². The molecule has 3 aromatic rings. The number of nitrogens with one attached hydrogen (secondary N) is 1. The molecule has 1 amide bonds. The van der Waals surface area contributed by atoms with Crippen LogP contribution in [0.15, 0.2) is 60.3 Å². The maximum atomic E-state index is 12.5. The number of carbonyl (C=O) groups excluding carboxylic acids is 1. The van der Waals surface area contributed by atoms with Crippen LogP contribution in [0, 0.1) is 20.8 Å². The number of hydrogen-bond donors (Lipinski definition) is 1. The van der Waals surface area contributed by atoms with E-state index in [9.17, 15) is 4.79 Å². The van der Waals surface area contributed by atoms with Crippen LogP contribution >= 0.6 is 11.8 Å². The monoisotopic (exact) mass is 436 g/mol. The quantitative estimate of drug-likeness (QED) is 0.366. The fraction of sp³-hybridized carbons (Fsp3) is 0.292. The van der Waals surface area contributed by atoms with E-state index < -0.39 is 0 Å². The van der Waals surface area contributed by atoms with Gasteiger partial charge in [-0.3, -0.25) is 9.36 Å². The number of carbonyl (C=O) groups is 1. The van der Waals surface area contributed by atoms with Crippen molar-refractivity contribution < 1.29 is 9.53 Å². The number of amides is 1. The van der Waals surface area contributed by atoms with E-state index in [-0.39, 0.29) is 17.8 Å². The SMILES string of the molecule is C=CCn1c(SCC(=O)Nc2ccc(C)cc2C)nnc1C(C)Oc1cccc(C)c1. The number of aryl methyl sites for hydroxylation is 3. The first-order chi connectivity index (χ1) is 14.9. The number of hydrogen-bond acceptors (Lipinski definition) is 5. The maximum absolute atomic E-state index is 12.5. The van der Waals surface area contributed by atoms with Gasteiger partial charge < -0.3 is 10.1 Å². The van der Waals surface area contributed by atoms with Crippen molar-refractivity contribution in [2.24, 2.45) is 0 Å². The number of benzene rings is 2. The molecule has 0 aliphatic heterocycles. The molecule has 3 rings (SSSR count). The fourth-order valence-electron chi connectivity index (χ4n) is 3.22. The predicted octanol–water partition coefficient (Wildman–Crippen LogP) is 5.26. The van der Waals surface area contributed by atoms with Gasteiger partial charge in [0.25, 0.3) is 0 Å². The minimum atomic E-state index is -0.298. The molecule has 0 saturated heterocycles. The Morgan fingerprint density at radius 1 is 1.19 bits per heavy atom. The summed E-state index contributed by atoms with van der Waals surface area (Å²) < 4.78 is 8.00. The minimum absolute atomic E-state index is 0.0873. The molecule has 0 aliphatic carbocycles. The van der Waals surface area contributed by atoms with E-state index in [1.165, 1.54) is 11.8 Å². The molecular formula is C24H28N4O2S. The van der Waals surface area contributed by atoms with E-state index in [2.05, 4.69) is 22.1 Å². The van der Waals surface area contributed by atoms with Crippen LogP contribution in [0.5, 0.6) is 5.75 Å². The van der Waals surface area contributed by atoms with Crippen LogP contribution in [0.2, 0.25) is 0 Å². The number of allylic oxidation sites excluding steroid dienone is 1. The van der Waals surface area contributed by atoms with Gasteiger partial charge in [0, 0.05) is 12.2 Å². The molecule has 1 heterocycles. The second kappa shape index (κ2) is 10.3. The Balaban J connectivity index is 1.68. The first kappa shape index (κ1) is 22.6. The van der Waals surface area contributed by atoms with Gasteiger partial charge in [-0.05, 0) is 57.0 Å². The van der Waals surface area contributed by atoms with Crippen LogP contribution in [-0.2, 0) is 11.3 Å². The Morgan fingerprint density at radius 2 is 1.97 bits per heavy atom. The van der Waals surface area contributed by atoms with E-state index in [1.807, 2.05) is 74.7 Å². The van der Waals surface area contributed by atoms with E-state index in [4.69, 9.17) is 4.74 Å². The Hall–Kier alpha value is -3.06. The lowest BCUT2D eigenvalue weighted by molar-refractivity contribution is -0.113. The molecule has 0 saturated carbocycles. The third-order valence-corrected chi connectivity index (χ3v) is 5.68. The molecule has 31 heavy (non-hydrogen) atoms. The summed E-state index contributed by atoms with van der Waals surface area (Å²) in [5.41, 5.74) is 4.16. The molecule has 0 spiro atoms. The summed E-state index contributed by atoms with van der Waals surface area (Å²) in [6.45, 7) is 12.3. The van der Waals surface area contributed by atoms with Crippen molar-refractivity contribution in [2.45, 2.75) is 45.5 Å². The topological polar surface area (TPSA) is 69.0 Å². The highest BCUT2D eigenvalue weighted by atomic mass is 32.2. The third-order valence-electron chi connectivity index (χ3n) is 4.71. The number of nitrogens with zero attached hydrogens (tertiary/aromatic N) is 3. The summed E-state index contributed by atoms with van der Waals surface area (Å²) in [4.78, 5) is 12.5. The second-order valence-corrected chi connectivity index (χ2v) is 8.41. The molecule has 1 unspecified atom stereocenters. The molecule has 0 aliphatic rings. The Morgan fingerprint density at radius 3 is 2.68 bits per heavy atom. The standard InChI is InChI=1S/C24H28N4O2S/c1-6-12-28-23(19(5)30-20-9-7-8-16(2)14-20)26-27-24(28)31-15-22(29)25-21-11-10-17(3)13-18(21)4/h6-11,13-14,19H,1,12,15H2,2-5H3,(H,25,29). The van der Waals surface area contributed by atoms with Gasteiger partial charge in [0.1, 0.15) is 5.75 Å². The van der Waals surface area contributed by atoms with Gasteiger partial charge in [0.2, 0.25) is 5.91 Å². The molecule has 162 valence electrons. The molecule has 1 N–H and O–H groups in total. The van der Waals surface area contributed by atoms with Crippen molar-refractivity contribution in [3.05, 3.63) is 77.6 Å². The molecule has 0 fully saturated rings. The lowest BCUT2D eigenvalue weighted by Crippen LogP contribution is -2.16. The number of anilines is 1. The fourth-order valence-corrected chi connectivity index (χ4v) is 3.98. The van der Waals surface area contributed by atoms with E-state index in [0.29, 0.717) is 17.5 Å². The maximum Gasteiger partial charge on any atom is 0.234 e. The van der Waals surface area contributed by atoms with E-state index in [0.717, 1.165) is 28.1 Å². The van der Waals surface area contributed by atoms with E-state index in [1.54, 1.807) is 6.08 Å². The van der Waals surface area contributed by atoms with Crippen molar-refractivity contribution in [2.75, 3.05) is 11.1 Å². The van der Waals surface area contributed by atoms with Gasteiger partial charge in [-0.2, -0.15) is 0 Å². The average Bonchev–Trinajstić information content (AvgIpc) is 3.12. The first-order valence-corrected chi connectivity index (χ1v) is 11.1. The summed E-state index contributed by atoms with van der Waals surface area (Å²) in [7, 11) is 0. The summed E-state index contributed by atoms with van der Waals surface area (Å²) in [6.07, 6.45) is 1.49. The summed E-state index contributed by atoms with van der Waals surface area (Å²) in [6, 6.07) is 13.8. The molecule has 1 aromatic heterocycles. The third kappa shape index (κ3) is 5.98. The molecule has 6 nitrogen and oxygen atoms in total. The zero-order chi connectivity index (χ0) is 22.4. The zero-order valence-electron chi connectivity index (χ0n) is 18.4. The highest BCUT2D eigenvalue weighted by Crippen LogP contribution is 2.25. The van der Waals surface area contributed by atoms with E-state index >= 15 is 0 Å². The largest absolute Gasteiger partial charge is 0.483 e. The van der Waals surface area contributed by atoms with Gasteiger partial charge in [-0.15, -0.1) is 16.8 Å². The zero-order valence-corrected chi connectivity index (χ0v) is 19.2. The number of aromatic nitrogens is 3. The van der Waals surface area contributed by atoms with Gasteiger partial charge in [0.05, 0.1) is 5.75 Å². The average molecular weight is 437 g/mol. The highest BCUT2D eigenvalue weighted by Gasteiger charge is 2.20. The number of thioether (sulfide) groups is 1.